The van der Waals surface area contributed by atoms with Crippen molar-refractivity contribution in [2.45, 2.75) is 31.7 Å². The van der Waals surface area contributed by atoms with E-state index in [0.717, 1.165) is 47.6 Å². The SMILES string of the molecule is Cn1cc(-c2ccc3cnc(NC(=O)[C@H]4CC[C@@H](N(C)C)CC4)cc3c2)cn1. The van der Waals surface area contributed by atoms with Gasteiger partial charge in [-0.2, -0.15) is 5.10 Å². The first-order valence-electron chi connectivity index (χ1n) is 9.86. The molecule has 4 rings (SSSR count). The molecule has 1 fully saturated rings. The number of nitrogens with one attached hydrogen (secondary N) is 1. The number of carbonyl (C=O) groups is 1. The van der Waals surface area contributed by atoms with Crippen molar-refractivity contribution in [2.75, 3.05) is 19.4 Å². The van der Waals surface area contributed by atoms with E-state index >= 15 is 0 Å². The Kier molecular flexibility index (Phi) is 5.13. The van der Waals surface area contributed by atoms with Gasteiger partial charge in [0.2, 0.25) is 5.91 Å². The van der Waals surface area contributed by atoms with E-state index in [9.17, 15) is 4.79 Å². The molecule has 1 saturated carbocycles. The Hall–Kier alpha value is -2.73. The number of benzene rings is 1. The predicted molar refractivity (Wildman–Crippen MR) is 112 cm³/mol. The van der Waals surface area contributed by atoms with Gasteiger partial charge in [0.05, 0.1) is 6.20 Å². The summed E-state index contributed by atoms with van der Waals surface area (Å²) in [5.74, 6) is 0.790. The van der Waals surface area contributed by atoms with Crippen LogP contribution in [0.4, 0.5) is 5.82 Å². The van der Waals surface area contributed by atoms with Gasteiger partial charge in [-0.1, -0.05) is 12.1 Å². The molecule has 0 radical (unpaired) electrons. The first kappa shape index (κ1) is 18.6. The van der Waals surface area contributed by atoms with Crippen molar-refractivity contribution in [3.05, 3.63) is 42.9 Å². The summed E-state index contributed by atoms with van der Waals surface area (Å²) in [6, 6.07) is 8.79. The highest BCUT2D eigenvalue weighted by molar-refractivity contribution is 5.95. The molecule has 1 aliphatic rings. The molecule has 2 aromatic heterocycles. The van der Waals surface area contributed by atoms with Crippen LogP contribution >= 0.6 is 0 Å². The first-order chi connectivity index (χ1) is 13.5. The number of anilines is 1. The summed E-state index contributed by atoms with van der Waals surface area (Å²) < 4.78 is 1.79. The van der Waals surface area contributed by atoms with Gasteiger partial charge in [-0.3, -0.25) is 9.48 Å². The molecule has 0 aliphatic heterocycles. The molecule has 0 saturated heterocycles. The number of aromatic nitrogens is 3. The molecule has 1 N–H and O–H groups in total. The van der Waals surface area contributed by atoms with Crippen LogP contribution in [0.15, 0.2) is 42.9 Å². The highest BCUT2D eigenvalue weighted by atomic mass is 16.1. The summed E-state index contributed by atoms with van der Waals surface area (Å²) in [5.41, 5.74) is 2.18. The van der Waals surface area contributed by atoms with Gasteiger partial charge in [0.1, 0.15) is 5.82 Å². The van der Waals surface area contributed by atoms with Gasteiger partial charge >= 0.3 is 0 Å². The minimum Gasteiger partial charge on any atom is -0.310 e. The van der Waals surface area contributed by atoms with Crippen molar-refractivity contribution in [1.82, 2.24) is 19.7 Å². The number of hydrogen-bond acceptors (Lipinski definition) is 4. The molecule has 28 heavy (non-hydrogen) atoms. The number of carbonyl (C=O) groups excluding carboxylic acids is 1. The largest absolute Gasteiger partial charge is 0.310 e. The molecule has 1 aromatic carbocycles. The van der Waals surface area contributed by atoms with Gasteiger partial charge < -0.3 is 10.2 Å². The van der Waals surface area contributed by atoms with Crippen molar-refractivity contribution in [3.63, 3.8) is 0 Å². The maximum Gasteiger partial charge on any atom is 0.228 e. The third-order valence-corrected chi connectivity index (χ3v) is 5.81. The summed E-state index contributed by atoms with van der Waals surface area (Å²) in [6.45, 7) is 0. The molecule has 0 atom stereocenters. The Morgan fingerprint density at radius 2 is 1.86 bits per heavy atom. The zero-order valence-electron chi connectivity index (χ0n) is 16.7. The van der Waals surface area contributed by atoms with Crippen LogP contribution < -0.4 is 5.32 Å². The monoisotopic (exact) mass is 377 g/mol. The lowest BCUT2D eigenvalue weighted by molar-refractivity contribution is -0.121. The lowest BCUT2D eigenvalue weighted by Crippen LogP contribution is -2.35. The predicted octanol–water partition coefficient (Wildman–Crippen LogP) is 3.69. The van der Waals surface area contributed by atoms with Crippen LogP contribution in [-0.2, 0) is 11.8 Å². The normalized spacial score (nSPS) is 19.9. The standard InChI is InChI=1S/C22H27N5O/c1-26(2)20-8-6-15(7-9-20)22(28)25-21-11-18-10-16(4-5-17(18)12-23-21)19-13-24-27(3)14-19/h4-5,10-15,20H,6-9H2,1-3H3,(H,23,25,28)/t15-,20+. The Balaban J connectivity index is 1.49. The molecule has 0 spiro atoms. The second-order valence-corrected chi connectivity index (χ2v) is 7.99. The Morgan fingerprint density at radius 3 is 2.54 bits per heavy atom. The molecule has 6 heteroatoms. The number of pyridine rings is 1. The van der Waals surface area contributed by atoms with Gasteiger partial charge in [0.25, 0.3) is 0 Å². The Morgan fingerprint density at radius 1 is 1.07 bits per heavy atom. The summed E-state index contributed by atoms with van der Waals surface area (Å²) in [7, 11) is 6.14. The molecule has 0 bridgehead atoms. The summed E-state index contributed by atoms with van der Waals surface area (Å²) in [4.78, 5) is 19.4. The number of rotatable bonds is 4. The van der Waals surface area contributed by atoms with Crippen LogP contribution in [0.2, 0.25) is 0 Å². The number of fused-ring (bicyclic) bond motifs is 1. The van der Waals surface area contributed by atoms with Crippen molar-refractivity contribution < 1.29 is 4.79 Å². The smallest absolute Gasteiger partial charge is 0.228 e. The zero-order chi connectivity index (χ0) is 19.7. The van der Waals surface area contributed by atoms with Crippen LogP contribution in [0.3, 0.4) is 0 Å². The van der Waals surface area contributed by atoms with Gasteiger partial charge in [-0.05, 0) is 62.9 Å². The number of nitrogens with zero attached hydrogens (tertiary/aromatic N) is 4. The fraction of sp³-hybridized carbons (Fsp3) is 0.409. The number of amides is 1. The van der Waals surface area contributed by atoms with E-state index < -0.39 is 0 Å². The molecule has 1 aliphatic carbocycles. The van der Waals surface area contributed by atoms with E-state index in [-0.39, 0.29) is 11.8 Å². The van der Waals surface area contributed by atoms with E-state index in [2.05, 4.69) is 52.6 Å². The summed E-state index contributed by atoms with van der Waals surface area (Å²) in [5, 5.41) is 9.38. The number of hydrogen-bond donors (Lipinski definition) is 1. The lowest BCUT2D eigenvalue weighted by atomic mass is 9.85. The fourth-order valence-corrected chi connectivity index (χ4v) is 4.04. The summed E-state index contributed by atoms with van der Waals surface area (Å²) >= 11 is 0. The molecule has 0 unspecified atom stereocenters. The van der Waals surface area contributed by atoms with Crippen LogP contribution in [0.5, 0.6) is 0 Å². The molecule has 1 amide bonds. The van der Waals surface area contributed by atoms with Crippen LogP contribution in [0, 0.1) is 5.92 Å². The fourth-order valence-electron chi connectivity index (χ4n) is 4.04. The third kappa shape index (κ3) is 3.92. The van der Waals surface area contributed by atoms with Gasteiger partial charge in [-0.15, -0.1) is 0 Å². The Bertz CT molecular complexity index is 986. The van der Waals surface area contributed by atoms with Crippen LogP contribution in [-0.4, -0.2) is 45.7 Å². The second kappa shape index (κ2) is 7.72. The van der Waals surface area contributed by atoms with Gasteiger partial charge in [0, 0.05) is 42.4 Å². The Labute approximate surface area is 165 Å². The molecule has 6 nitrogen and oxygen atoms in total. The van der Waals surface area contributed by atoms with Crippen LogP contribution in [0.1, 0.15) is 25.7 Å². The topological polar surface area (TPSA) is 63.1 Å². The first-order valence-corrected chi connectivity index (χ1v) is 9.86. The van der Waals surface area contributed by atoms with Crippen LogP contribution in [0.25, 0.3) is 21.9 Å². The second-order valence-electron chi connectivity index (χ2n) is 7.99. The van der Waals surface area contributed by atoms with E-state index in [1.807, 2.05) is 31.7 Å². The van der Waals surface area contributed by atoms with Crippen molar-refractivity contribution in [3.8, 4) is 11.1 Å². The highest BCUT2D eigenvalue weighted by Gasteiger charge is 2.27. The lowest BCUT2D eigenvalue weighted by Gasteiger charge is -2.31. The van der Waals surface area contributed by atoms with Crippen molar-refractivity contribution >= 4 is 22.5 Å². The van der Waals surface area contributed by atoms with E-state index in [1.54, 1.807) is 4.68 Å². The maximum absolute atomic E-state index is 12.7. The van der Waals surface area contributed by atoms with Crippen molar-refractivity contribution in [2.24, 2.45) is 13.0 Å². The zero-order valence-corrected chi connectivity index (χ0v) is 16.7. The highest BCUT2D eigenvalue weighted by Crippen LogP contribution is 2.28. The minimum absolute atomic E-state index is 0.0791. The number of aryl methyl sites for hydroxylation is 1. The average Bonchev–Trinajstić information content (AvgIpc) is 3.14. The minimum atomic E-state index is 0.0791. The molecule has 2 heterocycles. The quantitative estimate of drug-likeness (QED) is 0.753. The van der Waals surface area contributed by atoms with Gasteiger partial charge in [-0.25, -0.2) is 4.98 Å². The molecular weight excluding hydrogens is 350 g/mol. The van der Waals surface area contributed by atoms with Gasteiger partial charge in [0.15, 0.2) is 0 Å². The average molecular weight is 377 g/mol. The van der Waals surface area contributed by atoms with E-state index in [1.165, 1.54) is 0 Å². The summed E-state index contributed by atoms with van der Waals surface area (Å²) in [6.07, 6.45) is 9.70. The molecular formula is C22H27N5O. The maximum atomic E-state index is 12.7. The molecule has 146 valence electrons. The van der Waals surface area contributed by atoms with Crippen molar-refractivity contribution in [1.29, 1.82) is 0 Å². The third-order valence-electron chi connectivity index (χ3n) is 5.81. The van der Waals surface area contributed by atoms with E-state index in [0.29, 0.717) is 11.9 Å². The molecule has 3 aromatic rings. The van der Waals surface area contributed by atoms with E-state index in [4.69, 9.17) is 0 Å².